The highest BCUT2D eigenvalue weighted by molar-refractivity contribution is 5.90. The van der Waals surface area contributed by atoms with Gasteiger partial charge in [-0.05, 0) is 49.2 Å². The van der Waals surface area contributed by atoms with Crippen LogP contribution >= 0.6 is 0 Å². The predicted molar refractivity (Wildman–Crippen MR) is 123 cm³/mol. The number of nitro groups is 1. The standard InChI is InChI=1S/C23H25N5O4/c1-4-27(19-8-6-5-7-9-19)22-20(28(30)31)21(24-15-25-22)26-18-12-10-17(11-13-18)23(29)32-14-16(2)3/h5-13,15-16H,4,14H2,1-3H3,(H,24,25,26). The van der Waals surface area contributed by atoms with Gasteiger partial charge in [-0.1, -0.05) is 32.0 Å². The molecule has 0 amide bonds. The topological polar surface area (TPSA) is 110 Å². The van der Waals surface area contributed by atoms with Crippen LogP contribution in [0.2, 0.25) is 0 Å². The second-order valence-corrected chi connectivity index (χ2v) is 7.43. The van der Waals surface area contributed by atoms with Crippen LogP contribution in [-0.4, -0.2) is 34.0 Å². The Labute approximate surface area is 186 Å². The van der Waals surface area contributed by atoms with Gasteiger partial charge >= 0.3 is 11.7 Å². The maximum atomic E-state index is 12.1. The maximum Gasteiger partial charge on any atom is 0.354 e. The van der Waals surface area contributed by atoms with Crippen molar-refractivity contribution in [2.75, 3.05) is 23.4 Å². The number of carbonyl (C=O) groups is 1. The van der Waals surface area contributed by atoms with Crippen molar-refractivity contribution < 1.29 is 14.5 Å². The van der Waals surface area contributed by atoms with E-state index in [2.05, 4.69) is 15.3 Å². The molecule has 0 radical (unpaired) electrons. The molecule has 0 unspecified atom stereocenters. The highest BCUT2D eigenvalue weighted by Gasteiger charge is 2.27. The molecule has 9 heteroatoms. The molecular weight excluding hydrogens is 410 g/mol. The van der Waals surface area contributed by atoms with Crippen molar-refractivity contribution in [1.29, 1.82) is 0 Å². The molecule has 1 aromatic heterocycles. The molecule has 166 valence electrons. The van der Waals surface area contributed by atoms with Crippen LogP contribution in [0.1, 0.15) is 31.1 Å². The minimum absolute atomic E-state index is 0.0597. The van der Waals surface area contributed by atoms with Crippen LogP contribution in [-0.2, 0) is 4.74 Å². The van der Waals surface area contributed by atoms with E-state index in [-0.39, 0.29) is 23.2 Å². The highest BCUT2D eigenvalue weighted by Crippen LogP contribution is 2.36. The van der Waals surface area contributed by atoms with E-state index in [1.807, 2.05) is 51.1 Å². The number of hydrogen-bond donors (Lipinski definition) is 1. The van der Waals surface area contributed by atoms with Gasteiger partial charge in [0.2, 0.25) is 11.6 Å². The van der Waals surface area contributed by atoms with E-state index in [0.717, 1.165) is 5.69 Å². The lowest BCUT2D eigenvalue weighted by Gasteiger charge is -2.22. The van der Waals surface area contributed by atoms with E-state index in [0.29, 0.717) is 24.4 Å². The Balaban J connectivity index is 1.88. The first-order chi connectivity index (χ1) is 15.4. The van der Waals surface area contributed by atoms with Crippen LogP contribution in [0.25, 0.3) is 0 Å². The number of para-hydroxylation sites is 1. The third kappa shape index (κ3) is 5.37. The maximum absolute atomic E-state index is 12.1. The Morgan fingerprint density at radius 3 is 2.41 bits per heavy atom. The van der Waals surface area contributed by atoms with Crippen LogP contribution in [0, 0.1) is 16.0 Å². The lowest BCUT2D eigenvalue weighted by atomic mass is 10.2. The molecule has 3 aromatic rings. The van der Waals surface area contributed by atoms with E-state index in [9.17, 15) is 14.9 Å². The first-order valence-electron chi connectivity index (χ1n) is 10.3. The number of nitrogens with one attached hydrogen (secondary N) is 1. The Bertz CT molecular complexity index is 1070. The average Bonchev–Trinajstić information content (AvgIpc) is 2.79. The SMILES string of the molecule is CCN(c1ccccc1)c1ncnc(Nc2ccc(C(=O)OCC(C)C)cc2)c1[N+](=O)[O-]. The molecule has 0 bridgehead atoms. The fourth-order valence-corrected chi connectivity index (χ4v) is 3.04. The summed E-state index contributed by atoms with van der Waals surface area (Å²) >= 11 is 0. The number of anilines is 4. The van der Waals surface area contributed by atoms with Gasteiger partial charge < -0.3 is 15.0 Å². The van der Waals surface area contributed by atoms with Gasteiger partial charge in [0.15, 0.2) is 0 Å². The molecule has 0 saturated carbocycles. The van der Waals surface area contributed by atoms with E-state index >= 15 is 0 Å². The van der Waals surface area contributed by atoms with Crippen LogP contribution in [0.15, 0.2) is 60.9 Å². The van der Waals surface area contributed by atoms with Crippen molar-refractivity contribution in [2.45, 2.75) is 20.8 Å². The lowest BCUT2D eigenvalue weighted by Crippen LogP contribution is -2.19. The number of carbonyl (C=O) groups excluding carboxylic acids is 1. The molecule has 32 heavy (non-hydrogen) atoms. The summed E-state index contributed by atoms with van der Waals surface area (Å²) in [4.78, 5) is 33.6. The molecule has 0 spiro atoms. The van der Waals surface area contributed by atoms with Crippen LogP contribution in [0.3, 0.4) is 0 Å². The quantitative estimate of drug-likeness (QED) is 0.281. The molecule has 1 heterocycles. The summed E-state index contributed by atoms with van der Waals surface area (Å²) in [5, 5.41) is 14.9. The molecular formula is C23H25N5O4. The molecule has 0 saturated heterocycles. The Morgan fingerprint density at radius 1 is 1.12 bits per heavy atom. The zero-order chi connectivity index (χ0) is 23.1. The lowest BCUT2D eigenvalue weighted by molar-refractivity contribution is -0.383. The summed E-state index contributed by atoms with van der Waals surface area (Å²) in [7, 11) is 0. The van der Waals surface area contributed by atoms with E-state index < -0.39 is 10.9 Å². The molecule has 0 atom stereocenters. The number of benzene rings is 2. The first-order valence-corrected chi connectivity index (χ1v) is 10.3. The first kappa shape index (κ1) is 22.7. The fourth-order valence-electron chi connectivity index (χ4n) is 3.04. The fraction of sp³-hybridized carbons (Fsp3) is 0.261. The normalized spacial score (nSPS) is 10.6. The smallest absolute Gasteiger partial charge is 0.354 e. The molecule has 0 fully saturated rings. The minimum atomic E-state index is -0.499. The molecule has 2 aromatic carbocycles. The largest absolute Gasteiger partial charge is 0.462 e. The van der Waals surface area contributed by atoms with Crippen LogP contribution < -0.4 is 10.2 Å². The van der Waals surface area contributed by atoms with Gasteiger partial charge in [0, 0.05) is 17.9 Å². The van der Waals surface area contributed by atoms with Gasteiger partial charge in [0.05, 0.1) is 17.1 Å². The third-order valence-corrected chi connectivity index (χ3v) is 4.56. The zero-order valence-corrected chi connectivity index (χ0v) is 18.2. The van der Waals surface area contributed by atoms with Gasteiger partial charge in [0.1, 0.15) is 6.33 Å². The van der Waals surface area contributed by atoms with Gasteiger partial charge in [0.25, 0.3) is 0 Å². The monoisotopic (exact) mass is 435 g/mol. The molecule has 0 aliphatic carbocycles. The summed E-state index contributed by atoms with van der Waals surface area (Å²) in [5.74, 6) is 0.0765. The average molecular weight is 435 g/mol. The predicted octanol–water partition coefficient (Wildman–Crippen LogP) is 5.10. The highest BCUT2D eigenvalue weighted by atomic mass is 16.6. The minimum Gasteiger partial charge on any atom is -0.462 e. The summed E-state index contributed by atoms with van der Waals surface area (Å²) < 4.78 is 5.22. The molecule has 3 rings (SSSR count). The molecule has 0 aliphatic heterocycles. The zero-order valence-electron chi connectivity index (χ0n) is 18.2. The molecule has 0 aliphatic rings. The third-order valence-electron chi connectivity index (χ3n) is 4.56. The van der Waals surface area contributed by atoms with E-state index in [1.165, 1.54) is 6.33 Å². The number of rotatable bonds is 9. The van der Waals surface area contributed by atoms with Crippen molar-refractivity contribution >= 4 is 34.7 Å². The number of ether oxygens (including phenoxy) is 1. The van der Waals surface area contributed by atoms with Crippen LogP contribution in [0.5, 0.6) is 0 Å². The van der Waals surface area contributed by atoms with Crippen molar-refractivity contribution in [1.82, 2.24) is 9.97 Å². The van der Waals surface area contributed by atoms with E-state index in [4.69, 9.17) is 4.74 Å². The number of esters is 1. The van der Waals surface area contributed by atoms with Crippen molar-refractivity contribution in [3.63, 3.8) is 0 Å². The van der Waals surface area contributed by atoms with Gasteiger partial charge in [-0.3, -0.25) is 10.1 Å². The Kier molecular flexibility index (Phi) is 7.33. The summed E-state index contributed by atoms with van der Waals surface area (Å²) in [6, 6.07) is 15.8. The second kappa shape index (κ2) is 10.3. The number of aromatic nitrogens is 2. The number of hydrogen-bond acceptors (Lipinski definition) is 8. The van der Waals surface area contributed by atoms with Crippen molar-refractivity contribution in [3.05, 3.63) is 76.6 Å². The van der Waals surface area contributed by atoms with Crippen molar-refractivity contribution in [3.8, 4) is 0 Å². The van der Waals surface area contributed by atoms with Gasteiger partial charge in [-0.15, -0.1) is 0 Å². The molecule has 9 nitrogen and oxygen atoms in total. The van der Waals surface area contributed by atoms with Crippen molar-refractivity contribution in [2.24, 2.45) is 5.92 Å². The summed E-state index contributed by atoms with van der Waals surface area (Å²) in [5.41, 5.74) is 1.49. The Hall–Kier alpha value is -4.01. The summed E-state index contributed by atoms with van der Waals surface area (Å²) in [6.07, 6.45) is 1.29. The van der Waals surface area contributed by atoms with Gasteiger partial charge in [-0.25, -0.2) is 14.8 Å². The van der Waals surface area contributed by atoms with Crippen LogP contribution in [0.4, 0.5) is 28.7 Å². The second-order valence-electron chi connectivity index (χ2n) is 7.43. The van der Waals surface area contributed by atoms with E-state index in [1.54, 1.807) is 29.2 Å². The number of nitrogens with zero attached hydrogens (tertiary/aromatic N) is 4. The summed E-state index contributed by atoms with van der Waals surface area (Å²) in [6.45, 7) is 6.63. The molecule has 1 N–H and O–H groups in total. The Morgan fingerprint density at radius 2 is 1.81 bits per heavy atom. The van der Waals surface area contributed by atoms with Gasteiger partial charge in [-0.2, -0.15) is 0 Å².